The molecule has 2 aliphatic rings. The maximum Gasteiger partial charge on any atom is 0.252 e. The topological polar surface area (TPSA) is 62.6 Å². The Morgan fingerprint density at radius 1 is 1.45 bits per heavy atom. The fourth-order valence-electron chi connectivity index (χ4n) is 2.92. The van der Waals surface area contributed by atoms with E-state index in [1.807, 2.05) is 6.92 Å². The van der Waals surface area contributed by atoms with Crippen molar-refractivity contribution in [2.24, 2.45) is 0 Å². The van der Waals surface area contributed by atoms with Crippen LogP contribution < -0.4 is 0 Å². The van der Waals surface area contributed by atoms with Crippen LogP contribution in [0.1, 0.15) is 45.4 Å². The van der Waals surface area contributed by atoms with Gasteiger partial charge in [-0.2, -0.15) is 5.26 Å². The Kier molecular flexibility index (Phi) is 5.81. The second-order valence-corrected chi connectivity index (χ2v) is 5.54. The molecule has 112 valence electrons. The second-order valence-electron chi connectivity index (χ2n) is 5.54. The van der Waals surface area contributed by atoms with Crippen LogP contribution in [0.15, 0.2) is 0 Å². The summed E-state index contributed by atoms with van der Waals surface area (Å²) in [5.41, 5.74) is 0. The molecular weight excluding hydrogens is 256 g/mol. The minimum atomic E-state index is -0.472. The summed E-state index contributed by atoms with van der Waals surface area (Å²) < 4.78 is 11.3. The highest BCUT2D eigenvalue weighted by atomic mass is 16.5. The van der Waals surface area contributed by atoms with Crippen molar-refractivity contribution in [3.63, 3.8) is 0 Å². The van der Waals surface area contributed by atoms with Gasteiger partial charge in [0.2, 0.25) is 0 Å². The minimum Gasteiger partial charge on any atom is -0.376 e. The molecule has 0 radical (unpaired) electrons. The van der Waals surface area contributed by atoms with Gasteiger partial charge in [0.05, 0.1) is 25.4 Å². The predicted octanol–water partition coefficient (Wildman–Crippen LogP) is 1.87. The summed E-state index contributed by atoms with van der Waals surface area (Å²) >= 11 is 0. The van der Waals surface area contributed by atoms with E-state index in [9.17, 15) is 4.79 Å². The van der Waals surface area contributed by atoms with Gasteiger partial charge in [-0.05, 0) is 19.3 Å². The number of hydrogen-bond donors (Lipinski definition) is 0. The average Bonchev–Trinajstić information content (AvgIpc) is 2.53. The van der Waals surface area contributed by atoms with Crippen LogP contribution in [-0.4, -0.2) is 48.8 Å². The van der Waals surface area contributed by atoms with Crippen molar-refractivity contribution in [3.8, 4) is 6.07 Å². The third kappa shape index (κ3) is 3.71. The summed E-state index contributed by atoms with van der Waals surface area (Å²) in [7, 11) is 0. The fraction of sp³-hybridized carbons (Fsp3) is 0.867. The Balaban J connectivity index is 1.94. The van der Waals surface area contributed by atoms with Gasteiger partial charge in [-0.25, -0.2) is 0 Å². The van der Waals surface area contributed by atoms with E-state index in [4.69, 9.17) is 14.7 Å². The summed E-state index contributed by atoms with van der Waals surface area (Å²) in [5, 5.41) is 9.12. The molecule has 0 unspecified atom stereocenters. The standard InChI is InChI=1S/C15H24N2O3/c1-2-14(20-13-6-4-3-5-7-13)15(18)17-8-9-19-11-12(17)10-16/h12-14H,2-9,11H2,1H3/t12-,14+/m1/s1. The van der Waals surface area contributed by atoms with Gasteiger partial charge in [0.1, 0.15) is 12.1 Å². The van der Waals surface area contributed by atoms with E-state index in [1.54, 1.807) is 4.90 Å². The van der Waals surface area contributed by atoms with Crippen LogP contribution in [0, 0.1) is 11.3 Å². The van der Waals surface area contributed by atoms with E-state index in [1.165, 1.54) is 19.3 Å². The third-order valence-corrected chi connectivity index (χ3v) is 4.12. The van der Waals surface area contributed by atoms with Gasteiger partial charge in [0, 0.05) is 6.54 Å². The number of carbonyl (C=O) groups is 1. The van der Waals surface area contributed by atoms with Gasteiger partial charge in [0.15, 0.2) is 0 Å². The van der Waals surface area contributed by atoms with Gasteiger partial charge in [-0.1, -0.05) is 26.2 Å². The van der Waals surface area contributed by atoms with Crippen LogP contribution in [0.5, 0.6) is 0 Å². The summed E-state index contributed by atoms with van der Waals surface area (Å²) in [4.78, 5) is 14.2. The molecule has 1 aliphatic carbocycles. The maximum absolute atomic E-state index is 12.6. The Bertz CT molecular complexity index is 361. The zero-order chi connectivity index (χ0) is 14.4. The molecular formula is C15H24N2O3. The van der Waals surface area contributed by atoms with Crippen LogP contribution in [-0.2, 0) is 14.3 Å². The quantitative estimate of drug-likeness (QED) is 0.788. The van der Waals surface area contributed by atoms with Crippen molar-refractivity contribution in [1.29, 1.82) is 5.26 Å². The van der Waals surface area contributed by atoms with Gasteiger partial charge in [-0.3, -0.25) is 4.79 Å². The number of carbonyl (C=O) groups excluding carboxylic acids is 1. The SMILES string of the molecule is CC[C@H](OC1CCCCC1)C(=O)N1CCOC[C@H]1C#N. The normalized spacial score (nSPS) is 26.0. The maximum atomic E-state index is 12.6. The highest BCUT2D eigenvalue weighted by molar-refractivity contribution is 5.81. The number of hydrogen-bond acceptors (Lipinski definition) is 4. The molecule has 1 saturated heterocycles. The molecule has 1 amide bonds. The van der Waals surface area contributed by atoms with Crippen LogP contribution in [0.25, 0.3) is 0 Å². The second kappa shape index (κ2) is 7.61. The lowest BCUT2D eigenvalue weighted by Gasteiger charge is -2.35. The highest BCUT2D eigenvalue weighted by Crippen LogP contribution is 2.23. The molecule has 1 aliphatic heterocycles. The summed E-state index contributed by atoms with van der Waals surface area (Å²) in [6, 6.07) is 1.67. The lowest BCUT2D eigenvalue weighted by atomic mass is 9.97. The molecule has 1 saturated carbocycles. The zero-order valence-corrected chi connectivity index (χ0v) is 12.2. The van der Waals surface area contributed by atoms with E-state index in [-0.39, 0.29) is 12.0 Å². The van der Waals surface area contributed by atoms with Gasteiger partial charge >= 0.3 is 0 Å². The summed E-state index contributed by atoms with van der Waals surface area (Å²) in [6.07, 6.45) is 6.20. The molecule has 20 heavy (non-hydrogen) atoms. The average molecular weight is 280 g/mol. The van der Waals surface area contributed by atoms with Crippen molar-refractivity contribution in [2.45, 2.75) is 63.7 Å². The first kappa shape index (κ1) is 15.3. The van der Waals surface area contributed by atoms with Crippen LogP contribution in [0.4, 0.5) is 0 Å². The number of morpholine rings is 1. The molecule has 0 N–H and O–H groups in total. The molecule has 2 atom stereocenters. The Morgan fingerprint density at radius 3 is 2.85 bits per heavy atom. The van der Waals surface area contributed by atoms with Crippen molar-refractivity contribution in [2.75, 3.05) is 19.8 Å². The lowest BCUT2D eigenvalue weighted by Crippen LogP contribution is -2.52. The molecule has 1 heterocycles. The van der Waals surface area contributed by atoms with Crippen LogP contribution in [0.3, 0.4) is 0 Å². The molecule has 0 spiro atoms. The van der Waals surface area contributed by atoms with E-state index in [2.05, 4.69) is 6.07 Å². The number of nitriles is 1. The number of amides is 1. The number of ether oxygens (including phenoxy) is 2. The molecule has 0 bridgehead atoms. The molecule has 2 fully saturated rings. The molecule has 0 aromatic rings. The van der Waals surface area contributed by atoms with Crippen molar-refractivity contribution in [1.82, 2.24) is 4.90 Å². The molecule has 0 aromatic carbocycles. The number of nitrogens with zero attached hydrogens (tertiary/aromatic N) is 2. The first-order valence-electron chi connectivity index (χ1n) is 7.69. The van der Waals surface area contributed by atoms with Gasteiger partial charge < -0.3 is 14.4 Å². The van der Waals surface area contributed by atoms with Crippen molar-refractivity contribution in [3.05, 3.63) is 0 Å². The van der Waals surface area contributed by atoms with E-state index < -0.39 is 12.1 Å². The van der Waals surface area contributed by atoms with E-state index >= 15 is 0 Å². The van der Waals surface area contributed by atoms with Gasteiger partial charge in [0.25, 0.3) is 5.91 Å². The summed E-state index contributed by atoms with van der Waals surface area (Å²) in [6.45, 7) is 3.26. The monoisotopic (exact) mass is 280 g/mol. The lowest BCUT2D eigenvalue weighted by molar-refractivity contribution is -0.155. The fourth-order valence-corrected chi connectivity index (χ4v) is 2.92. The van der Waals surface area contributed by atoms with E-state index in [0.717, 1.165) is 12.8 Å². The van der Waals surface area contributed by atoms with Crippen molar-refractivity contribution >= 4 is 5.91 Å². The Hall–Kier alpha value is -1.12. The predicted molar refractivity (Wildman–Crippen MR) is 74.0 cm³/mol. The van der Waals surface area contributed by atoms with E-state index in [0.29, 0.717) is 26.2 Å². The van der Waals surface area contributed by atoms with Crippen LogP contribution >= 0.6 is 0 Å². The van der Waals surface area contributed by atoms with Crippen LogP contribution in [0.2, 0.25) is 0 Å². The third-order valence-electron chi connectivity index (χ3n) is 4.12. The highest BCUT2D eigenvalue weighted by Gasteiger charge is 2.33. The van der Waals surface area contributed by atoms with Gasteiger partial charge in [-0.15, -0.1) is 0 Å². The molecule has 2 rings (SSSR count). The molecule has 5 heteroatoms. The van der Waals surface area contributed by atoms with Crippen molar-refractivity contribution < 1.29 is 14.3 Å². The summed E-state index contributed by atoms with van der Waals surface area (Å²) in [5.74, 6) is -0.0482. The molecule has 0 aromatic heterocycles. The zero-order valence-electron chi connectivity index (χ0n) is 12.2. The smallest absolute Gasteiger partial charge is 0.252 e. The first-order chi connectivity index (χ1) is 9.76. The number of rotatable bonds is 4. The molecule has 5 nitrogen and oxygen atoms in total. The Morgan fingerprint density at radius 2 is 2.20 bits per heavy atom. The first-order valence-corrected chi connectivity index (χ1v) is 7.69. The minimum absolute atomic E-state index is 0.0482. The Labute approximate surface area is 120 Å². The largest absolute Gasteiger partial charge is 0.376 e.